The summed E-state index contributed by atoms with van der Waals surface area (Å²) < 4.78 is 4.92. The van der Waals surface area contributed by atoms with Crippen LogP contribution in [-0.2, 0) is 9.53 Å². The third kappa shape index (κ3) is 4.22. The molecule has 1 aromatic carbocycles. The first-order chi connectivity index (χ1) is 10.6. The van der Waals surface area contributed by atoms with Crippen LogP contribution in [0.1, 0.15) is 29.4 Å². The van der Waals surface area contributed by atoms with Crippen molar-refractivity contribution in [1.82, 2.24) is 4.98 Å². The molecule has 0 aliphatic heterocycles. The van der Waals surface area contributed by atoms with E-state index in [0.717, 1.165) is 5.56 Å². The molecule has 6 heteroatoms. The van der Waals surface area contributed by atoms with E-state index in [1.807, 2.05) is 30.3 Å². The number of amides is 1. The minimum absolute atomic E-state index is 0.0590. The second kappa shape index (κ2) is 7.82. The maximum absolute atomic E-state index is 11.8. The Bertz CT molecular complexity index is 653. The van der Waals surface area contributed by atoms with Gasteiger partial charge in [-0.05, 0) is 6.42 Å². The average Bonchev–Trinajstić information content (AvgIpc) is 2.92. The number of benzene rings is 1. The smallest absolute Gasteiger partial charge is 0.226 e. The number of ether oxygens (including phenoxy) is 1. The predicted octanol–water partition coefficient (Wildman–Crippen LogP) is 3.38. The van der Waals surface area contributed by atoms with E-state index in [4.69, 9.17) is 4.74 Å². The maximum Gasteiger partial charge on any atom is 0.226 e. The minimum atomic E-state index is -0.125. The lowest BCUT2D eigenvalue weighted by atomic mass is 10.1. The molecule has 0 radical (unpaired) electrons. The van der Waals surface area contributed by atoms with Gasteiger partial charge in [0.05, 0.1) is 10.6 Å². The van der Waals surface area contributed by atoms with E-state index in [1.54, 1.807) is 7.11 Å². The van der Waals surface area contributed by atoms with Crippen molar-refractivity contribution in [1.29, 1.82) is 0 Å². The zero-order chi connectivity index (χ0) is 15.9. The summed E-state index contributed by atoms with van der Waals surface area (Å²) in [7, 11) is 1.60. The molecule has 1 N–H and O–H groups in total. The summed E-state index contributed by atoms with van der Waals surface area (Å²) in [5, 5.41) is 3.20. The summed E-state index contributed by atoms with van der Waals surface area (Å²) in [6.07, 6.45) is 1.02. The molecule has 2 rings (SSSR count). The van der Waals surface area contributed by atoms with E-state index in [2.05, 4.69) is 10.3 Å². The molecule has 0 aliphatic carbocycles. The molecule has 2 aromatic rings. The highest BCUT2D eigenvalue weighted by Crippen LogP contribution is 2.31. The van der Waals surface area contributed by atoms with Gasteiger partial charge < -0.3 is 10.1 Å². The number of Topliss-reactive ketones (excluding diaryl/α,β-unsaturated/α-hetero) is 1. The van der Waals surface area contributed by atoms with Crippen molar-refractivity contribution in [2.75, 3.05) is 19.0 Å². The molecule has 1 amide bonds. The SMILES string of the molecule is COCCCC(=O)Nc1nc(-c2ccccc2)c(C(C)=O)s1. The molecule has 0 saturated heterocycles. The molecule has 1 heterocycles. The predicted molar refractivity (Wildman–Crippen MR) is 87.3 cm³/mol. The minimum Gasteiger partial charge on any atom is -0.385 e. The number of nitrogens with one attached hydrogen (secondary N) is 1. The van der Waals surface area contributed by atoms with E-state index in [1.165, 1.54) is 18.3 Å². The first-order valence-electron chi connectivity index (χ1n) is 6.97. The van der Waals surface area contributed by atoms with Gasteiger partial charge in [-0.2, -0.15) is 0 Å². The molecule has 0 atom stereocenters. The van der Waals surface area contributed by atoms with Crippen LogP contribution in [0.15, 0.2) is 30.3 Å². The highest BCUT2D eigenvalue weighted by molar-refractivity contribution is 7.18. The van der Waals surface area contributed by atoms with Gasteiger partial charge >= 0.3 is 0 Å². The second-order valence-corrected chi connectivity index (χ2v) is 5.76. The normalized spacial score (nSPS) is 10.5. The molecule has 22 heavy (non-hydrogen) atoms. The van der Waals surface area contributed by atoms with Gasteiger partial charge in [0.15, 0.2) is 10.9 Å². The average molecular weight is 318 g/mol. The van der Waals surface area contributed by atoms with E-state index in [0.29, 0.717) is 35.2 Å². The monoisotopic (exact) mass is 318 g/mol. The molecule has 0 fully saturated rings. The van der Waals surface area contributed by atoms with Crippen LogP contribution in [0.25, 0.3) is 11.3 Å². The van der Waals surface area contributed by atoms with E-state index >= 15 is 0 Å². The highest BCUT2D eigenvalue weighted by Gasteiger charge is 2.17. The number of hydrogen-bond acceptors (Lipinski definition) is 5. The van der Waals surface area contributed by atoms with Crippen LogP contribution in [0.4, 0.5) is 5.13 Å². The molecule has 0 saturated carbocycles. The fourth-order valence-corrected chi connectivity index (χ4v) is 2.86. The van der Waals surface area contributed by atoms with Crippen molar-refractivity contribution in [3.05, 3.63) is 35.2 Å². The van der Waals surface area contributed by atoms with Crippen LogP contribution < -0.4 is 5.32 Å². The fourth-order valence-electron chi connectivity index (χ4n) is 1.96. The summed E-state index contributed by atoms with van der Waals surface area (Å²) >= 11 is 1.21. The Labute approximate surface area is 133 Å². The number of nitrogens with zero attached hydrogens (tertiary/aromatic N) is 1. The summed E-state index contributed by atoms with van der Waals surface area (Å²) in [6, 6.07) is 9.47. The molecule has 0 bridgehead atoms. The fraction of sp³-hybridized carbons (Fsp3) is 0.312. The Morgan fingerprint density at radius 1 is 1.27 bits per heavy atom. The van der Waals surface area contributed by atoms with Crippen molar-refractivity contribution in [3.8, 4) is 11.3 Å². The number of rotatable bonds is 7. The van der Waals surface area contributed by atoms with Crippen molar-refractivity contribution in [2.45, 2.75) is 19.8 Å². The third-order valence-electron chi connectivity index (χ3n) is 2.99. The van der Waals surface area contributed by atoms with Crippen LogP contribution in [0.3, 0.4) is 0 Å². The molecule has 0 unspecified atom stereocenters. The molecule has 1 aromatic heterocycles. The Kier molecular flexibility index (Phi) is 5.80. The van der Waals surface area contributed by atoms with Gasteiger partial charge in [-0.3, -0.25) is 9.59 Å². The van der Waals surface area contributed by atoms with Crippen LogP contribution in [0, 0.1) is 0 Å². The van der Waals surface area contributed by atoms with Gasteiger partial charge in [-0.15, -0.1) is 0 Å². The van der Waals surface area contributed by atoms with Crippen molar-refractivity contribution >= 4 is 28.2 Å². The Hall–Kier alpha value is -2.05. The van der Waals surface area contributed by atoms with Crippen LogP contribution >= 0.6 is 11.3 Å². The lowest BCUT2D eigenvalue weighted by Crippen LogP contribution is -2.11. The standard InChI is InChI=1S/C16H18N2O3S/c1-11(19)15-14(12-7-4-3-5-8-12)18-16(22-15)17-13(20)9-6-10-21-2/h3-5,7-8H,6,9-10H2,1-2H3,(H,17,18,20). The molecule has 5 nitrogen and oxygen atoms in total. The van der Waals surface area contributed by atoms with Crippen LogP contribution in [0.2, 0.25) is 0 Å². The van der Waals surface area contributed by atoms with Crippen molar-refractivity contribution in [2.24, 2.45) is 0 Å². The van der Waals surface area contributed by atoms with Gasteiger partial charge in [0, 0.05) is 32.6 Å². The van der Waals surface area contributed by atoms with Gasteiger partial charge in [0.2, 0.25) is 5.91 Å². The third-order valence-corrected chi connectivity index (χ3v) is 4.06. The quantitative estimate of drug-likeness (QED) is 0.628. The molecule has 0 aliphatic rings. The number of aromatic nitrogens is 1. The highest BCUT2D eigenvalue weighted by atomic mass is 32.1. The lowest BCUT2D eigenvalue weighted by molar-refractivity contribution is -0.116. The number of thiazole rings is 1. The second-order valence-electron chi connectivity index (χ2n) is 4.76. The van der Waals surface area contributed by atoms with Crippen molar-refractivity contribution < 1.29 is 14.3 Å². The van der Waals surface area contributed by atoms with Gasteiger partial charge in [0.25, 0.3) is 0 Å². The Morgan fingerprint density at radius 2 is 2.00 bits per heavy atom. The molecule has 0 spiro atoms. The van der Waals surface area contributed by atoms with Crippen molar-refractivity contribution in [3.63, 3.8) is 0 Å². The first-order valence-corrected chi connectivity index (χ1v) is 7.79. The van der Waals surface area contributed by atoms with Crippen LogP contribution in [-0.4, -0.2) is 30.4 Å². The number of carbonyl (C=O) groups excluding carboxylic acids is 2. The number of anilines is 1. The summed E-state index contributed by atoms with van der Waals surface area (Å²) in [6.45, 7) is 2.05. The van der Waals surface area contributed by atoms with Gasteiger partial charge in [-0.1, -0.05) is 41.7 Å². The number of carbonyl (C=O) groups is 2. The Morgan fingerprint density at radius 3 is 2.64 bits per heavy atom. The maximum atomic E-state index is 11.8. The number of methoxy groups -OCH3 is 1. The number of ketones is 1. The van der Waals surface area contributed by atoms with Crippen LogP contribution in [0.5, 0.6) is 0 Å². The number of hydrogen-bond donors (Lipinski definition) is 1. The summed E-state index contributed by atoms with van der Waals surface area (Å²) in [5.74, 6) is -0.184. The van der Waals surface area contributed by atoms with Gasteiger partial charge in [0.1, 0.15) is 0 Å². The van der Waals surface area contributed by atoms with Gasteiger partial charge in [-0.25, -0.2) is 4.98 Å². The summed E-state index contributed by atoms with van der Waals surface area (Å²) in [4.78, 5) is 28.6. The Balaban J connectivity index is 2.17. The lowest BCUT2D eigenvalue weighted by Gasteiger charge is -2.01. The zero-order valence-electron chi connectivity index (χ0n) is 12.6. The molecule has 116 valence electrons. The largest absolute Gasteiger partial charge is 0.385 e. The zero-order valence-corrected chi connectivity index (χ0v) is 13.4. The van der Waals surface area contributed by atoms with E-state index in [9.17, 15) is 9.59 Å². The first kappa shape index (κ1) is 16.3. The molecular weight excluding hydrogens is 300 g/mol. The topological polar surface area (TPSA) is 68.3 Å². The molecular formula is C16H18N2O3S. The van der Waals surface area contributed by atoms with E-state index < -0.39 is 0 Å². The van der Waals surface area contributed by atoms with E-state index in [-0.39, 0.29) is 11.7 Å². The summed E-state index contributed by atoms with van der Waals surface area (Å²) in [5.41, 5.74) is 1.48.